The molecule has 0 amide bonds. The zero-order valence-corrected chi connectivity index (χ0v) is 20.0. The van der Waals surface area contributed by atoms with Crippen LogP contribution in [0.25, 0.3) is 0 Å². The van der Waals surface area contributed by atoms with Gasteiger partial charge in [-0.1, -0.05) is 87.5 Å². The van der Waals surface area contributed by atoms with Crippen LogP contribution in [0.3, 0.4) is 0 Å². The summed E-state index contributed by atoms with van der Waals surface area (Å²) in [6.45, 7) is 11.3. The second kappa shape index (κ2) is 13.4. The molecule has 3 atom stereocenters. The Kier molecular flexibility index (Phi) is 10.9. The lowest BCUT2D eigenvalue weighted by molar-refractivity contribution is -0.142. The van der Waals surface area contributed by atoms with E-state index in [0.717, 1.165) is 35.5 Å². The molecular weight excluding hydrogens is 404 g/mol. The first-order valence-corrected chi connectivity index (χ1v) is 13.7. The summed E-state index contributed by atoms with van der Waals surface area (Å²) in [6, 6.07) is 22.8. The summed E-state index contributed by atoms with van der Waals surface area (Å²) in [5.41, 5.74) is 2.04. The van der Waals surface area contributed by atoms with Gasteiger partial charge >= 0.3 is 0 Å². The number of hydrogen-bond donors (Lipinski definition) is 0. The van der Waals surface area contributed by atoms with E-state index in [2.05, 4.69) is 27.4 Å². The van der Waals surface area contributed by atoms with E-state index in [4.69, 9.17) is 13.9 Å². The van der Waals surface area contributed by atoms with Gasteiger partial charge in [0.25, 0.3) is 0 Å². The fourth-order valence-electron chi connectivity index (χ4n) is 3.66. The highest BCUT2D eigenvalue weighted by atomic mass is 28.4. The van der Waals surface area contributed by atoms with Crippen LogP contribution in [0, 0.1) is 0 Å². The van der Waals surface area contributed by atoms with Gasteiger partial charge in [0, 0.05) is 0 Å². The molecule has 5 heteroatoms. The molecule has 0 unspecified atom stereocenters. The summed E-state index contributed by atoms with van der Waals surface area (Å²) in [5, 5.41) is 0. The van der Waals surface area contributed by atoms with Crippen molar-refractivity contribution < 1.29 is 18.7 Å². The number of hydrogen-bond acceptors (Lipinski definition) is 4. The lowest BCUT2D eigenvalue weighted by Gasteiger charge is -2.37. The minimum absolute atomic E-state index is 0.331. The van der Waals surface area contributed by atoms with Gasteiger partial charge in [-0.25, -0.2) is 0 Å². The van der Waals surface area contributed by atoms with Crippen molar-refractivity contribution >= 4 is 14.6 Å². The molecule has 0 saturated carbocycles. The average molecular weight is 441 g/mol. The van der Waals surface area contributed by atoms with Crippen molar-refractivity contribution in [2.75, 3.05) is 0 Å². The van der Waals surface area contributed by atoms with Crippen molar-refractivity contribution in [1.29, 1.82) is 0 Å². The predicted molar refractivity (Wildman–Crippen MR) is 128 cm³/mol. The number of carbonyl (C=O) groups excluding carboxylic acids is 1. The summed E-state index contributed by atoms with van der Waals surface area (Å²) >= 11 is 0. The molecule has 168 valence electrons. The van der Waals surface area contributed by atoms with Gasteiger partial charge in [-0.15, -0.1) is 6.58 Å². The van der Waals surface area contributed by atoms with Crippen LogP contribution in [0.1, 0.15) is 31.9 Å². The number of aldehydes is 1. The lowest BCUT2D eigenvalue weighted by Crippen LogP contribution is -2.49. The lowest BCUT2D eigenvalue weighted by atomic mass is 10.1. The van der Waals surface area contributed by atoms with Crippen molar-refractivity contribution in [3.63, 3.8) is 0 Å². The summed E-state index contributed by atoms with van der Waals surface area (Å²) in [7, 11) is -1.94. The zero-order valence-electron chi connectivity index (χ0n) is 19.0. The normalized spacial score (nSPS) is 14.5. The molecule has 0 saturated heterocycles. The third-order valence-electron chi connectivity index (χ3n) is 5.90. The molecule has 2 rings (SSSR count). The Morgan fingerprint density at radius 1 is 0.806 bits per heavy atom. The van der Waals surface area contributed by atoms with Crippen LogP contribution in [-0.4, -0.2) is 32.9 Å². The third-order valence-corrected chi connectivity index (χ3v) is 10.5. The molecule has 0 aliphatic heterocycles. The van der Waals surface area contributed by atoms with E-state index >= 15 is 0 Å². The SMILES string of the molecule is C=C[C@@H](O[Si](CC)(CC)CC)[C@H](OCc1ccccc1)[C@H](C=O)OCc1ccccc1. The fourth-order valence-corrected chi connectivity index (χ4v) is 6.47. The van der Waals surface area contributed by atoms with Gasteiger partial charge in [0.1, 0.15) is 12.2 Å². The number of benzene rings is 2. The average Bonchev–Trinajstić information content (AvgIpc) is 2.84. The van der Waals surface area contributed by atoms with Gasteiger partial charge in [-0.05, 0) is 29.3 Å². The minimum Gasteiger partial charge on any atom is -0.408 e. The van der Waals surface area contributed by atoms with E-state index in [0.29, 0.717) is 13.2 Å². The maximum Gasteiger partial charge on any atom is 0.193 e. The molecule has 2 aromatic carbocycles. The Hall–Kier alpha value is -2.05. The molecule has 2 aromatic rings. The fraction of sp³-hybridized carbons (Fsp3) is 0.423. The Morgan fingerprint density at radius 3 is 1.71 bits per heavy atom. The highest BCUT2D eigenvalue weighted by Gasteiger charge is 2.37. The van der Waals surface area contributed by atoms with Crippen LogP contribution < -0.4 is 0 Å². The monoisotopic (exact) mass is 440 g/mol. The van der Waals surface area contributed by atoms with E-state index in [-0.39, 0.29) is 0 Å². The van der Waals surface area contributed by atoms with E-state index in [1.807, 2.05) is 60.7 Å². The van der Waals surface area contributed by atoms with E-state index in [9.17, 15) is 4.79 Å². The predicted octanol–water partition coefficient (Wildman–Crippen LogP) is 5.93. The summed E-state index contributed by atoms with van der Waals surface area (Å²) < 4.78 is 19.0. The Morgan fingerprint density at radius 2 is 1.29 bits per heavy atom. The maximum atomic E-state index is 12.1. The second-order valence-electron chi connectivity index (χ2n) is 7.72. The van der Waals surface area contributed by atoms with Crippen LogP contribution in [0.15, 0.2) is 73.3 Å². The molecule has 0 aromatic heterocycles. The van der Waals surface area contributed by atoms with E-state index in [1.54, 1.807) is 6.08 Å². The molecule has 0 N–H and O–H groups in total. The van der Waals surface area contributed by atoms with Crippen LogP contribution in [0.5, 0.6) is 0 Å². The molecule has 0 heterocycles. The first-order valence-electron chi connectivity index (χ1n) is 11.2. The number of rotatable bonds is 15. The molecule has 4 nitrogen and oxygen atoms in total. The summed E-state index contributed by atoms with van der Waals surface area (Å²) in [5.74, 6) is 0. The topological polar surface area (TPSA) is 44.8 Å². The molecule has 0 radical (unpaired) electrons. The number of carbonyl (C=O) groups is 1. The zero-order chi connectivity index (χ0) is 22.5. The van der Waals surface area contributed by atoms with Gasteiger partial charge in [-0.3, -0.25) is 0 Å². The second-order valence-corrected chi connectivity index (χ2v) is 12.4. The van der Waals surface area contributed by atoms with Crippen molar-refractivity contribution in [2.24, 2.45) is 0 Å². The highest BCUT2D eigenvalue weighted by Crippen LogP contribution is 2.27. The largest absolute Gasteiger partial charge is 0.408 e. The van der Waals surface area contributed by atoms with Crippen LogP contribution in [0.4, 0.5) is 0 Å². The van der Waals surface area contributed by atoms with Gasteiger partial charge in [0.15, 0.2) is 14.6 Å². The quantitative estimate of drug-likeness (QED) is 0.195. The van der Waals surface area contributed by atoms with E-state index in [1.165, 1.54) is 0 Å². The molecule has 0 spiro atoms. The van der Waals surface area contributed by atoms with Crippen molar-refractivity contribution in [1.82, 2.24) is 0 Å². The molecule has 0 aliphatic rings. The summed E-state index contributed by atoms with van der Waals surface area (Å²) in [6.07, 6.45) is 0.840. The van der Waals surface area contributed by atoms with Crippen molar-refractivity contribution in [3.8, 4) is 0 Å². The van der Waals surface area contributed by atoms with E-state index < -0.39 is 26.6 Å². The Bertz CT molecular complexity index is 753. The standard InChI is InChI=1S/C26H36O4Si/c1-5-24(30-31(6-2,7-3)8-4)26(29-21-23-17-13-10-14-18-23)25(19-27)28-20-22-15-11-9-12-16-22/h5,9-19,24-26H,1,6-8,20-21H2,2-4H3/t24-,25+,26+/m1/s1. The van der Waals surface area contributed by atoms with Gasteiger partial charge in [0.05, 0.1) is 19.3 Å². The molecule has 31 heavy (non-hydrogen) atoms. The minimum atomic E-state index is -1.94. The molecule has 0 bridgehead atoms. The third kappa shape index (κ3) is 7.54. The van der Waals surface area contributed by atoms with Crippen molar-refractivity contribution in [3.05, 3.63) is 84.4 Å². The van der Waals surface area contributed by atoms with Gasteiger partial charge in [0.2, 0.25) is 0 Å². The highest BCUT2D eigenvalue weighted by molar-refractivity contribution is 6.73. The van der Waals surface area contributed by atoms with Crippen molar-refractivity contribution in [2.45, 2.75) is 70.4 Å². The smallest absolute Gasteiger partial charge is 0.193 e. The Labute approximate surface area is 188 Å². The summed E-state index contributed by atoms with van der Waals surface area (Å²) in [4.78, 5) is 12.1. The van der Waals surface area contributed by atoms with Gasteiger partial charge < -0.3 is 18.7 Å². The van der Waals surface area contributed by atoms with Crippen LogP contribution >= 0.6 is 0 Å². The van der Waals surface area contributed by atoms with Gasteiger partial charge in [-0.2, -0.15) is 0 Å². The first kappa shape index (κ1) is 25.2. The molecule has 0 aliphatic carbocycles. The molecular formula is C26H36O4Si. The van der Waals surface area contributed by atoms with Crippen LogP contribution in [-0.2, 0) is 31.9 Å². The maximum absolute atomic E-state index is 12.1. The number of ether oxygens (including phenoxy) is 2. The first-order chi connectivity index (χ1) is 15.1. The molecule has 0 fully saturated rings. The van der Waals surface area contributed by atoms with Crippen LogP contribution in [0.2, 0.25) is 18.1 Å². The Balaban J connectivity index is 2.23.